The van der Waals surface area contributed by atoms with Gasteiger partial charge in [0.2, 0.25) is 5.91 Å². The van der Waals surface area contributed by atoms with Crippen molar-refractivity contribution in [1.82, 2.24) is 19.7 Å². The van der Waals surface area contributed by atoms with Gasteiger partial charge in [0.25, 0.3) is 0 Å². The molecule has 37 heavy (non-hydrogen) atoms. The molecule has 8 heteroatoms. The minimum atomic E-state index is -0.623. The van der Waals surface area contributed by atoms with Crippen LogP contribution in [0.25, 0.3) is 11.4 Å². The van der Waals surface area contributed by atoms with Crippen molar-refractivity contribution < 1.29 is 14.3 Å². The van der Waals surface area contributed by atoms with E-state index in [2.05, 4.69) is 32.9 Å². The molecule has 7 nitrogen and oxygen atoms in total. The van der Waals surface area contributed by atoms with Gasteiger partial charge in [-0.25, -0.2) is 9.67 Å². The molecule has 0 bridgehead atoms. The Bertz CT molecular complexity index is 1160. The first kappa shape index (κ1) is 27.3. The fourth-order valence-electron chi connectivity index (χ4n) is 4.67. The minimum Gasteiger partial charge on any atom is -0.350 e. The molecule has 1 aliphatic rings. The van der Waals surface area contributed by atoms with Gasteiger partial charge in [-0.05, 0) is 24.8 Å². The first-order chi connectivity index (χ1) is 17.6. The van der Waals surface area contributed by atoms with E-state index in [9.17, 15) is 4.79 Å². The van der Waals surface area contributed by atoms with Crippen LogP contribution < -0.4 is 0 Å². The summed E-state index contributed by atoms with van der Waals surface area (Å²) in [6.07, 6.45) is 0. The molecule has 0 unspecified atom stereocenters. The van der Waals surface area contributed by atoms with E-state index in [1.54, 1.807) is 0 Å². The van der Waals surface area contributed by atoms with Crippen molar-refractivity contribution in [2.75, 3.05) is 25.6 Å². The summed E-state index contributed by atoms with van der Waals surface area (Å²) in [4.78, 5) is 20.3. The van der Waals surface area contributed by atoms with Crippen molar-refractivity contribution in [2.45, 2.75) is 53.0 Å². The van der Waals surface area contributed by atoms with Crippen LogP contribution in [0.15, 0.2) is 60.7 Å². The van der Waals surface area contributed by atoms with Crippen molar-refractivity contribution in [3.8, 4) is 11.4 Å². The molecule has 3 aromatic rings. The lowest BCUT2D eigenvalue weighted by Crippen LogP contribution is -2.49. The van der Waals surface area contributed by atoms with E-state index < -0.39 is 5.79 Å². The monoisotopic (exact) mass is 524 g/mol. The molecule has 1 aliphatic heterocycles. The fraction of sp³-hybridized carbons (Fsp3) is 0.483. The number of rotatable bonds is 8. The van der Waals surface area contributed by atoms with Gasteiger partial charge in [0.1, 0.15) is 5.88 Å². The number of alkyl halides is 1. The standard InChI is InChI=1S/C29H37ClN4O3/c1-28(2,3)25(33(24(35)16-30)17-22-19-36-29(4,5)37-20-22)27-31-26(23-14-10-7-11-15-23)32-34(27)18-21-12-8-6-9-13-21/h6-15,22,25H,16-20H2,1-5H3/t25-/m0/s1. The Kier molecular flexibility index (Phi) is 8.36. The maximum Gasteiger partial charge on any atom is 0.238 e. The van der Waals surface area contributed by atoms with E-state index in [-0.39, 0.29) is 29.2 Å². The van der Waals surface area contributed by atoms with Gasteiger partial charge in [-0.3, -0.25) is 4.79 Å². The van der Waals surface area contributed by atoms with Crippen molar-refractivity contribution in [3.63, 3.8) is 0 Å². The number of amides is 1. The highest BCUT2D eigenvalue weighted by Crippen LogP contribution is 2.39. The Morgan fingerprint density at radius 1 is 1.08 bits per heavy atom. The quantitative estimate of drug-likeness (QED) is 0.361. The van der Waals surface area contributed by atoms with Crippen LogP contribution in [-0.2, 0) is 20.8 Å². The molecule has 0 N–H and O–H groups in total. The Labute approximate surface area is 224 Å². The van der Waals surface area contributed by atoms with Gasteiger partial charge in [-0.1, -0.05) is 81.4 Å². The van der Waals surface area contributed by atoms with Crippen molar-refractivity contribution in [2.24, 2.45) is 11.3 Å². The number of ether oxygens (including phenoxy) is 2. The first-order valence-electron chi connectivity index (χ1n) is 12.7. The number of aromatic nitrogens is 3. The van der Waals surface area contributed by atoms with Crippen LogP contribution in [0.3, 0.4) is 0 Å². The zero-order valence-electron chi connectivity index (χ0n) is 22.4. The summed E-state index contributed by atoms with van der Waals surface area (Å²) >= 11 is 6.17. The van der Waals surface area contributed by atoms with Gasteiger partial charge in [-0.2, -0.15) is 5.10 Å². The lowest BCUT2D eigenvalue weighted by Gasteiger charge is -2.43. The topological polar surface area (TPSA) is 69.5 Å². The van der Waals surface area contributed by atoms with Gasteiger partial charge in [0, 0.05) is 18.0 Å². The molecular weight excluding hydrogens is 488 g/mol. The zero-order valence-corrected chi connectivity index (χ0v) is 23.1. The Morgan fingerprint density at radius 3 is 2.24 bits per heavy atom. The highest BCUT2D eigenvalue weighted by atomic mass is 35.5. The number of benzene rings is 2. The lowest BCUT2D eigenvalue weighted by atomic mass is 9.84. The molecule has 0 radical (unpaired) electrons. The highest BCUT2D eigenvalue weighted by Gasteiger charge is 2.40. The van der Waals surface area contributed by atoms with Crippen LogP contribution in [0.5, 0.6) is 0 Å². The summed E-state index contributed by atoms with van der Waals surface area (Å²) < 4.78 is 13.7. The van der Waals surface area contributed by atoms with Gasteiger partial charge >= 0.3 is 0 Å². The van der Waals surface area contributed by atoms with E-state index in [0.717, 1.165) is 17.0 Å². The van der Waals surface area contributed by atoms with E-state index in [1.165, 1.54) is 0 Å². The molecule has 1 saturated heterocycles. The fourth-order valence-corrected chi connectivity index (χ4v) is 4.82. The predicted molar refractivity (Wildman–Crippen MR) is 145 cm³/mol. The molecule has 198 valence electrons. The molecule has 1 atom stereocenters. The van der Waals surface area contributed by atoms with Gasteiger partial charge < -0.3 is 14.4 Å². The summed E-state index contributed by atoms with van der Waals surface area (Å²) in [6, 6.07) is 19.7. The van der Waals surface area contributed by atoms with Crippen molar-refractivity contribution in [1.29, 1.82) is 0 Å². The summed E-state index contributed by atoms with van der Waals surface area (Å²) in [5, 5.41) is 4.93. The molecule has 0 spiro atoms. The largest absolute Gasteiger partial charge is 0.350 e. The molecule has 1 aromatic heterocycles. The minimum absolute atomic E-state index is 0.0177. The second-order valence-corrected chi connectivity index (χ2v) is 11.4. The third-order valence-electron chi connectivity index (χ3n) is 6.51. The van der Waals surface area contributed by atoms with Gasteiger partial charge in [0.15, 0.2) is 17.4 Å². The third kappa shape index (κ3) is 6.78. The van der Waals surface area contributed by atoms with Gasteiger partial charge in [0.05, 0.1) is 25.8 Å². The van der Waals surface area contributed by atoms with Crippen LogP contribution in [0.2, 0.25) is 0 Å². The van der Waals surface area contributed by atoms with Crippen LogP contribution >= 0.6 is 11.6 Å². The predicted octanol–water partition coefficient (Wildman–Crippen LogP) is 5.55. The molecule has 2 aromatic carbocycles. The summed E-state index contributed by atoms with van der Waals surface area (Å²) in [5.74, 6) is 0.481. The smallest absolute Gasteiger partial charge is 0.238 e. The number of carbonyl (C=O) groups is 1. The number of halogens is 1. The van der Waals surface area contributed by atoms with Crippen molar-refractivity contribution >= 4 is 17.5 Å². The van der Waals surface area contributed by atoms with Crippen LogP contribution in [-0.4, -0.2) is 57.0 Å². The van der Waals surface area contributed by atoms with Crippen molar-refractivity contribution in [3.05, 3.63) is 72.1 Å². The summed E-state index contributed by atoms with van der Waals surface area (Å²) in [5.41, 5.74) is 1.68. The third-order valence-corrected chi connectivity index (χ3v) is 6.74. The Balaban J connectivity index is 1.77. The number of hydrogen-bond acceptors (Lipinski definition) is 5. The second kappa shape index (κ2) is 11.3. The summed E-state index contributed by atoms with van der Waals surface area (Å²) in [6.45, 7) is 12.1. The van der Waals surface area contributed by atoms with E-state index >= 15 is 0 Å². The molecular formula is C29H37ClN4O3. The van der Waals surface area contributed by atoms with Crippen LogP contribution in [0.4, 0.5) is 0 Å². The SMILES string of the molecule is CC1(C)OCC(CN(C(=O)CCl)[C@@H](c2nc(-c3ccccc3)nn2Cc2ccccc2)C(C)(C)C)CO1. The molecule has 2 heterocycles. The van der Waals surface area contributed by atoms with E-state index in [1.807, 2.05) is 72.0 Å². The Morgan fingerprint density at radius 2 is 1.68 bits per heavy atom. The number of hydrogen-bond donors (Lipinski definition) is 0. The van der Waals surface area contributed by atoms with E-state index in [4.69, 9.17) is 31.2 Å². The molecule has 0 aliphatic carbocycles. The molecule has 1 amide bonds. The number of carbonyl (C=O) groups excluding carboxylic acids is 1. The highest BCUT2D eigenvalue weighted by molar-refractivity contribution is 6.27. The lowest BCUT2D eigenvalue weighted by molar-refractivity contribution is -0.263. The van der Waals surface area contributed by atoms with E-state index in [0.29, 0.717) is 32.1 Å². The zero-order chi connectivity index (χ0) is 26.6. The average molecular weight is 525 g/mol. The molecule has 0 saturated carbocycles. The average Bonchev–Trinajstić information content (AvgIpc) is 3.27. The normalized spacial score (nSPS) is 16.9. The Hall–Kier alpha value is -2.74. The maximum absolute atomic E-state index is 13.4. The molecule has 4 rings (SSSR count). The van der Waals surface area contributed by atoms with Gasteiger partial charge in [-0.15, -0.1) is 11.6 Å². The van der Waals surface area contributed by atoms with Crippen LogP contribution in [0, 0.1) is 11.3 Å². The second-order valence-electron chi connectivity index (χ2n) is 11.1. The maximum atomic E-state index is 13.4. The number of nitrogens with zero attached hydrogens (tertiary/aromatic N) is 4. The van der Waals surface area contributed by atoms with Crippen LogP contribution in [0.1, 0.15) is 52.0 Å². The molecule has 1 fully saturated rings. The first-order valence-corrected chi connectivity index (χ1v) is 13.3. The summed E-state index contributed by atoms with van der Waals surface area (Å²) in [7, 11) is 0.